The van der Waals surface area contributed by atoms with Gasteiger partial charge in [-0.25, -0.2) is 0 Å². The summed E-state index contributed by atoms with van der Waals surface area (Å²) in [7, 11) is 0. The zero-order valence-corrected chi connectivity index (χ0v) is 17.1. The van der Waals surface area contributed by atoms with Crippen LogP contribution in [0.25, 0.3) is 6.08 Å². The third kappa shape index (κ3) is 4.67. The van der Waals surface area contributed by atoms with E-state index in [0.29, 0.717) is 32.1 Å². The van der Waals surface area contributed by atoms with E-state index in [1.54, 1.807) is 17.0 Å². The molecule has 3 aliphatic rings. The molecule has 1 aromatic heterocycles. The molecule has 0 spiro atoms. The van der Waals surface area contributed by atoms with Crippen LogP contribution in [0.1, 0.15) is 31.4 Å². The number of hydrogen-bond acceptors (Lipinski definition) is 7. The average molecular weight is 420 g/mol. The second-order valence-electron chi connectivity index (χ2n) is 7.34. The van der Waals surface area contributed by atoms with Crippen LogP contribution in [0, 0.1) is 0 Å². The number of likely N-dealkylation sites (tertiary alicyclic amines) is 1. The molecule has 0 aromatic carbocycles. The Labute approximate surface area is 173 Å². The molecule has 29 heavy (non-hydrogen) atoms. The Morgan fingerprint density at radius 3 is 2.48 bits per heavy atom. The van der Waals surface area contributed by atoms with Crippen molar-refractivity contribution in [1.29, 1.82) is 0 Å². The number of amides is 3. The molecule has 156 valence electrons. The summed E-state index contributed by atoms with van der Waals surface area (Å²) in [6.07, 6.45) is 5.74. The Morgan fingerprint density at radius 2 is 1.76 bits per heavy atom. The molecule has 0 unspecified atom stereocenters. The number of hydrogen-bond donors (Lipinski definition) is 0. The summed E-state index contributed by atoms with van der Waals surface area (Å²) in [5.41, 5.74) is 0. The SMILES string of the molecule is O=C(CN1C(=O)S/C(=C/c2ccc(N3CCOCC3)o2)C1=O)N1CCCCCC1. The van der Waals surface area contributed by atoms with Crippen LogP contribution in [0.5, 0.6) is 0 Å². The zero-order chi connectivity index (χ0) is 20.2. The molecule has 3 amide bonds. The van der Waals surface area contributed by atoms with E-state index in [9.17, 15) is 14.4 Å². The number of imide groups is 1. The lowest BCUT2D eigenvalue weighted by atomic mass is 10.2. The first kappa shape index (κ1) is 20.0. The minimum Gasteiger partial charge on any atom is -0.441 e. The first-order valence-corrected chi connectivity index (χ1v) is 10.9. The average Bonchev–Trinajstić information content (AvgIpc) is 3.16. The number of morpholine rings is 1. The van der Waals surface area contributed by atoms with Crippen molar-refractivity contribution < 1.29 is 23.5 Å². The van der Waals surface area contributed by atoms with Crippen molar-refractivity contribution in [2.75, 3.05) is 50.8 Å². The van der Waals surface area contributed by atoms with E-state index < -0.39 is 11.1 Å². The third-order valence-corrected chi connectivity index (χ3v) is 6.24. The van der Waals surface area contributed by atoms with Gasteiger partial charge in [0.25, 0.3) is 11.1 Å². The molecule has 8 nitrogen and oxygen atoms in total. The summed E-state index contributed by atoms with van der Waals surface area (Å²) in [6.45, 7) is 4.01. The van der Waals surface area contributed by atoms with Crippen LogP contribution in [-0.2, 0) is 14.3 Å². The minimum atomic E-state index is -0.438. The molecular formula is C20H25N3O5S. The van der Waals surface area contributed by atoms with Crippen molar-refractivity contribution in [3.63, 3.8) is 0 Å². The van der Waals surface area contributed by atoms with Crippen molar-refractivity contribution in [2.24, 2.45) is 0 Å². The van der Waals surface area contributed by atoms with Crippen molar-refractivity contribution in [3.05, 3.63) is 22.8 Å². The van der Waals surface area contributed by atoms with Gasteiger partial charge in [-0.2, -0.15) is 0 Å². The van der Waals surface area contributed by atoms with E-state index in [1.807, 2.05) is 6.07 Å². The topological polar surface area (TPSA) is 83.3 Å². The van der Waals surface area contributed by atoms with Gasteiger partial charge in [0, 0.05) is 38.3 Å². The molecule has 1 aromatic rings. The maximum atomic E-state index is 12.7. The molecule has 9 heteroatoms. The van der Waals surface area contributed by atoms with Gasteiger partial charge in [0.05, 0.1) is 18.1 Å². The van der Waals surface area contributed by atoms with E-state index >= 15 is 0 Å². The van der Waals surface area contributed by atoms with Gasteiger partial charge in [-0.3, -0.25) is 19.3 Å². The lowest BCUT2D eigenvalue weighted by Gasteiger charge is -2.26. The highest BCUT2D eigenvalue weighted by Gasteiger charge is 2.37. The Balaban J connectivity index is 1.41. The lowest BCUT2D eigenvalue weighted by molar-refractivity contribution is -0.135. The number of anilines is 1. The summed E-state index contributed by atoms with van der Waals surface area (Å²) in [5, 5.41) is -0.413. The highest BCUT2D eigenvalue weighted by Crippen LogP contribution is 2.33. The fourth-order valence-electron chi connectivity index (χ4n) is 3.69. The molecule has 3 fully saturated rings. The zero-order valence-electron chi connectivity index (χ0n) is 16.3. The van der Waals surface area contributed by atoms with Gasteiger partial charge in [-0.05, 0) is 30.7 Å². The standard InChI is InChI=1S/C20H25N3O5S/c24-17(21-7-3-1-2-4-8-21)14-23-19(25)16(29-20(23)26)13-15-5-6-18(28-15)22-9-11-27-12-10-22/h5-6,13H,1-4,7-12,14H2/b16-13+. The van der Waals surface area contributed by atoms with Crippen LogP contribution in [0.15, 0.2) is 21.5 Å². The number of thioether (sulfide) groups is 1. The first-order chi connectivity index (χ1) is 14.1. The van der Waals surface area contributed by atoms with E-state index in [1.165, 1.54) is 0 Å². The van der Waals surface area contributed by atoms with Gasteiger partial charge in [-0.15, -0.1) is 0 Å². The van der Waals surface area contributed by atoms with E-state index in [2.05, 4.69) is 4.90 Å². The van der Waals surface area contributed by atoms with Gasteiger partial charge < -0.3 is 19.0 Å². The highest BCUT2D eigenvalue weighted by molar-refractivity contribution is 8.18. The van der Waals surface area contributed by atoms with Crippen molar-refractivity contribution in [2.45, 2.75) is 25.7 Å². The van der Waals surface area contributed by atoms with Gasteiger partial charge in [0.15, 0.2) is 5.88 Å². The van der Waals surface area contributed by atoms with Crippen LogP contribution < -0.4 is 4.90 Å². The summed E-state index contributed by atoms with van der Waals surface area (Å²) in [5.74, 6) is 0.626. The molecule has 4 heterocycles. The van der Waals surface area contributed by atoms with Crippen molar-refractivity contribution in [3.8, 4) is 0 Å². The molecule has 0 aliphatic carbocycles. The van der Waals surface area contributed by atoms with Crippen LogP contribution in [0.4, 0.5) is 10.7 Å². The second-order valence-corrected chi connectivity index (χ2v) is 8.33. The Bertz CT molecular complexity index is 807. The fourth-order valence-corrected chi connectivity index (χ4v) is 4.51. The third-order valence-electron chi connectivity index (χ3n) is 5.33. The monoisotopic (exact) mass is 419 g/mol. The van der Waals surface area contributed by atoms with Gasteiger partial charge in [-0.1, -0.05) is 12.8 Å². The number of carbonyl (C=O) groups excluding carboxylic acids is 3. The smallest absolute Gasteiger partial charge is 0.294 e. The van der Waals surface area contributed by atoms with E-state index in [4.69, 9.17) is 9.15 Å². The maximum absolute atomic E-state index is 12.7. The van der Waals surface area contributed by atoms with Crippen LogP contribution >= 0.6 is 11.8 Å². The first-order valence-electron chi connectivity index (χ1n) is 10.1. The quantitative estimate of drug-likeness (QED) is 0.694. The predicted octanol–water partition coefficient (Wildman–Crippen LogP) is 2.56. The molecule has 0 atom stereocenters. The Kier molecular flexibility index (Phi) is 6.25. The summed E-state index contributed by atoms with van der Waals surface area (Å²) >= 11 is 0.848. The van der Waals surface area contributed by atoms with Crippen LogP contribution in [0.3, 0.4) is 0 Å². The Morgan fingerprint density at radius 1 is 1.03 bits per heavy atom. The molecule has 0 saturated carbocycles. The fraction of sp³-hybridized carbons (Fsp3) is 0.550. The summed E-state index contributed by atoms with van der Waals surface area (Å²) in [6, 6.07) is 3.63. The van der Waals surface area contributed by atoms with Crippen LogP contribution in [-0.4, -0.2) is 72.8 Å². The van der Waals surface area contributed by atoms with E-state index in [-0.39, 0.29) is 17.4 Å². The summed E-state index contributed by atoms with van der Waals surface area (Å²) in [4.78, 5) is 42.7. The minimum absolute atomic E-state index is 0.164. The highest BCUT2D eigenvalue weighted by atomic mass is 32.2. The molecule has 0 bridgehead atoms. The number of nitrogens with zero attached hydrogens (tertiary/aromatic N) is 3. The molecular weight excluding hydrogens is 394 g/mol. The van der Waals surface area contributed by atoms with Crippen LogP contribution in [0.2, 0.25) is 0 Å². The van der Waals surface area contributed by atoms with Crippen molar-refractivity contribution >= 4 is 40.8 Å². The molecule has 0 N–H and O–H groups in total. The van der Waals surface area contributed by atoms with Gasteiger partial charge in [0.2, 0.25) is 5.91 Å². The number of ether oxygens (including phenoxy) is 1. The molecule has 3 aliphatic heterocycles. The van der Waals surface area contributed by atoms with Gasteiger partial charge in [0.1, 0.15) is 12.3 Å². The van der Waals surface area contributed by atoms with Gasteiger partial charge >= 0.3 is 0 Å². The van der Waals surface area contributed by atoms with E-state index in [0.717, 1.165) is 61.3 Å². The number of carbonyl (C=O) groups is 3. The normalized spacial score (nSPS) is 22.5. The maximum Gasteiger partial charge on any atom is 0.294 e. The van der Waals surface area contributed by atoms with Crippen molar-refractivity contribution in [1.82, 2.24) is 9.80 Å². The molecule has 4 rings (SSSR count). The predicted molar refractivity (Wildman–Crippen MR) is 109 cm³/mol. The number of furan rings is 1. The molecule has 0 radical (unpaired) electrons. The summed E-state index contributed by atoms with van der Waals surface area (Å²) < 4.78 is 11.2. The largest absolute Gasteiger partial charge is 0.441 e. The second kappa shape index (κ2) is 9.04. The molecule has 3 saturated heterocycles. The Hall–Kier alpha value is -2.26. The lowest BCUT2D eigenvalue weighted by Crippen LogP contribution is -2.42. The number of rotatable bonds is 4.